The zero-order valence-electron chi connectivity index (χ0n) is 11.6. The molecule has 1 N–H and O–H groups in total. The van der Waals surface area contributed by atoms with Gasteiger partial charge in [0.1, 0.15) is 0 Å². The Labute approximate surface area is 109 Å². The van der Waals surface area contributed by atoms with Gasteiger partial charge in [-0.3, -0.25) is 0 Å². The van der Waals surface area contributed by atoms with Gasteiger partial charge in [-0.1, -0.05) is 6.07 Å². The largest absolute Gasteiger partial charge is 0.308 e. The van der Waals surface area contributed by atoms with Crippen molar-refractivity contribution in [1.29, 1.82) is 0 Å². The van der Waals surface area contributed by atoms with E-state index in [1.54, 1.807) is 6.20 Å². The molecule has 18 heavy (non-hydrogen) atoms. The molecule has 0 saturated heterocycles. The van der Waals surface area contributed by atoms with Crippen molar-refractivity contribution in [1.82, 2.24) is 14.9 Å². The molecule has 0 spiro atoms. The third-order valence-corrected chi connectivity index (χ3v) is 2.94. The van der Waals surface area contributed by atoms with Crippen molar-refractivity contribution in [3.8, 4) is 5.69 Å². The van der Waals surface area contributed by atoms with E-state index in [0.29, 0.717) is 0 Å². The number of nitrogens with zero attached hydrogens (tertiary/aromatic N) is 2. The van der Waals surface area contributed by atoms with E-state index in [0.717, 1.165) is 12.2 Å². The minimum Gasteiger partial charge on any atom is -0.308 e. The molecular formula is C15H21N3. The van der Waals surface area contributed by atoms with Crippen molar-refractivity contribution in [3.05, 3.63) is 48.0 Å². The molecule has 0 atom stereocenters. The third kappa shape index (κ3) is 3.20. The molecule has 0 amide bonds. The number of hydrogen-bond acceptors (Lipinski definition) is 2. The van der Waals surface area contributed by atoms with Gasteiger partial charge in [-0.05, 0) is 51.0 Å². The van der Waals surface area contributed by atoms with Gasteiger partial charge in [-0.15, -0.1) is 0 Å². The Hall–Kier alpha value is -1.61. The van der Waals surface area contributed by atoms with Crippen molar-refractivity contribution < 1.29 is 0 Å². The van der Waals surface area contributed by atoms with Gasteiger partial charge in [0.25, 0.3) is 0 Å². The van der Waals surface area contributed by atoms with Crippen LogP contribution in [0.25, 0.3) is 5.69 Å². The maximum Gasteiger partial charge on any atom is 0.0991 e. The lowest BCUT2D eigenvalue weighted by molar-refractivity contribution is 0.424. The molecular weight excluding hydrogens is 222 g/mol. The van der Waals surface area contributed by atoms with Crippen molar-refractivity contribution in [2.75, 3.05) is 0 Å². The quantitative estimate of drug-likeness (QED) is 0.898. The number of aromatic nitrogens is 2. The SMILES string of the molecule is Cc1cc(-n2ccnc2)ccc1CNC(C)(C)C. The Balaban J connectivity index is 2.16. The second-order valence-corrected chi connectivity index (χ2v) is 5.68. The average Bonchev–Trinajstić information content (AvgIpc) is 2.79. The van der Waals surface area contributed by atoms with E-state index in [4.69, 9.17) is 0 Å². The van der Waals surface area contributed by atoms with E-state index >= 15 is 0 Å². The Kier molecular flexibility index (Phi) is 3.53. The summed E-state index contributed by atoms with van der Waals surface area (Å²) in [5.74, 6) is 0. The van der Waals surface area contributed by atoms with Crippen molar-refractivity contribution in [3.63, 3.8) is 0 Å². The van der Waals surface area contributed by atoms with E-state index in [9.17, 15) is 0 Å². The Morgan fingerprint density at radius 3 is 2.61 bits per heavy atom. The summed E-state index contributed by atoms with van der Waals surface area (Å²) < 4.78 is 2.02. The first kappa shape index (κ1) is 12.8. The van der Waals surface area contributed by atoms with Crippen molar-refractivity contribution in [2.24, 2.45) is 0 Å². The van der Waals surface area contributed by atoms with E-state index in [1.165, 1.54) is 11.1 Å². The maximum absolute atomic E-state index is 4.07. The van der Waals surface area contributed by atoms with Crippen LogP contribution in [-0.2, 0) is 6.54 Å². The summed E-state index contributed by atoms with van der Waals surface area (Å²) in [6, 6.07) is 6.51. The molecule has 0 aliphatic rings. The Morgan fingerprint density at radius 2 is 2.06 bits per heavy atom. The summed E-state index contributed by atoms with van der Waals surface area (Å²) in [7, 11) is 0. The van der Waals surface area contributed by atoms with Crippen LogP contribution in [0.2, 0.25) is 0 Å². The molecule has 2 rings (SSSR count). The van der Waals surface area contributed by atoms with E-state index in [2.05, 4.69) is 56.2 Å². The average molecular weight is 243 g/mol. The Morgan fingerprint density at radius 1 is 1.28 bits per heavy atom. The van der Waals surface area contributed by atoms with Gasteiger partial charge in [0.2, 0.25) is 0 Å². The fraction of sp³-hybridized carbons (Fsp3) is 0.400. The predicted octanol–water partition coefficient (Wildman–Crippen LogP) is 3.07. The molecule has 0 aliphatic heterocycles. The van der Waals surface area contributed by atoms with E-state index < -0.39 is 0 Å². The second kappa shape index (κ2) is 4.94. The minimum atomic E-state index is 0.148. The lowest BCUT2D eigenvalue weighted by Gasteiger charge is -2.21. The molecule has 1 aromatic heterocycles. The number of benzene rings is 1. The molecule has 3 heteroatoms. The minimum absolute atomic E-state index is 0.148. The number of imidazole rings is 1. The zero-order valence-corrected chi connectivity index (χ0v) is 11.6. The first-order valence-corrected chi connectivity index (χ1v) is 6.28. The molecule has 3 nitrogen and oxygen atoms in total. The smallest absolute Gasteiger partial charge is 0.0991 e. The summed E-state index contributed by atoms with van der Waals surface area (Å²) in [5.41, 5.74) is 3.95. The van der Waals surface area contributed by atoms with Gasteiger partial charge < -0.3 is 9.88 Å². The second-order valence-electron chi connectivity index (χ2n) is 5.68. The van der Waals surface area contributed by atoms with Gasteiger partial charge in [-0.25, -0.2) is 4.98 Å². The lowest BCUT2D eigenvalue weighted by Crippen LogP contribution is -2.35. The van der Waals surface area contributed by atoms with Crippen LogP contribution in [-0.4, -0.2) is 15.1 Å². The van der Waals surface area contributed by atoms with Gasteiger partial charge in [0.05, 0.1) is 6.33 Å². The van der Waals surface area contributed by atoms with Crippen molar-refractivity contribution in [2.45, 2.75) is 39.8 Å². The van der Waals surface area contributed by atoms with Crippen LogP contribution in [0.3, 0.4) is 0 Å². The normalized spacial score (nSPS) is 11.8. The monoisotopic (exact) mass is 243 g/mol. The highest BCUT2D eigenvalue weighted by molar-refractivity contribution is 5.40. The van der Waals surface area contributed by atoms with Gasteiger partial charge in [-0.2, -0.15) is 0 Å². The molecule has 0 aliphatic carbocycles. The molecule has 1 heterocycles. The highest BCUT2D eigenvalue weighted by Crippen LogP contribution is 2.15. The number of hydrogen-bond donors (Lipinski definition) is 1. The first-order chi connectivity index (χ1) is 8.46. The maximum atomic E-state index is 4.07. The number of rotatable bonds is 3. The summed E-state index contributed by atoms with van der Waals surface area (Å²) in [6.07, 6.45) is 5.58. The molecule has 1 aromatic carbocycles. The zero-order chi connectivity index (χ0) is 13.2. The van der Waals surface area contributed by atoms with Crippen LogP contribution in [0, 0.1) is 6.92 Å². The van der Waals surface area contributed by atoms with Gasteiger partial charge >= 0.3 is 0 Å². The summed E-state index contributed by atoms with van der Waals surface area (Å²) in [4.78, 5) is 4.07. The van der Waals surface area contributed by atoms with E-state index in [1.807, 2.05) is 17.1 Å². The third-order valence-electron chi connectivity index (χ3n) is 2.94. The molecule has 96 valence electrons. The molecule has 0 bridgehead atoms. The fourth-order valence-corrected chi connectivity index (χ4v) is 1.81. The summed E-state index contributed by atoms with van der Waals surface area (Å²) in [5, 5.41) is 3.51. The van der Waals surface area contributed by atoms with Crippen LogP contribution >= 0.6 is 0 Å². The molecule has 0 fully saturated rings. The van der Waals surface area contributed by atoms with Gasteiger partial charge in [0, 0.05) is 30.2 Å². The standard InChI is InChI=1S/C15H21N3/c1-12-9-14(18-8-7-16-11-18)6-5-13(12)10-17-15(2,3)4/h5-9,11,17H,10H2,1-4H3. The van der Waals surface area contributed by atoms with Crippen LogP contribution in [0.5, 0.6) is 0 Å². The summed E-state index contributed by atoms with van der Waals surface area (Å²) in [6.45, 7) is 9.60. The van der Waals surface area contributed by atoms with Crippen LogP contribution < -0.4 is 5.32 Å². The topological polar surface area (TPSA) is 29.9 Å². The molecule has 0 radical (unpaired) electrons. The highest BCUT2D eigenvalue weighted by atomic mass is 15.0. The summed E-state index contributed by atoms with van der Waals surface area (Å²) >= 11 is 0. The van der Waals surface area contributed by atoms with E-state index in [-0.39, 0.29) is 5.54 Å². The number of nitrogens with one attached hydrogen (secondary N) is 1. The van der Waals surface area contributed by atoms with Crippen LogP contribution in [0.1, 0.15) is 31.9 Å². The van der Waals surface area contributed by atoms with Crippen LogP contribution in [0.15, 0.2) is 36.9 Å². The fourth-order valence-electron chi connectivity index (χ4n) is 1.81. The number of aryl methyl sites for hydroxylation is 1. The molecule has 0 unspecified atom stereocenters. The predicted molar refractivity (Wildman–Crippen MR) is 74.9 cm³/mol. The molecule has 0 saturated carbocycles. The van der Waals surface area contributed by atoms with Crippen molar-refractivity contribution >= 4 is 0 Å². The Bertz CT molecular complexity index is 507. The van der Waals surface area contributed by atoms with Gasteiger partial charge in [0.15, 0.2) is 0 Å². The lowest BCUT2D eigenvalue weighted by atomic mass is 10.0. The molecule has 2 aromatic rings. The van der Waals surface area contributed by atoms with Crippen LogP contribution in [0.4, 0.5) is 0 Å². The first-order valence-electron chi connectivity index (χ1n) is 6.28. The highest BCUT2D eigenvalue weighted by Gasteiger charge is 2.09.